The lowest BCUT2D eigenvalue weighted by molar-refractivity contribution is 0.350. The lowest BCUT2D eigenvalue weighted by Gasteiger charge is -2.21. The Morgan fingerprint density at radius 2 is 2.05 bits per heavy atom. The van der Waals surface area contributed by atoms with Gasteiger partial charge in [-0.05, 0) is 69.5 Å². The number of hydrogen-bond acceptors (Lipinski definition) is 2. The summed E-state index contributed by atoms with van der Waals surface area (Å²) in [7, 11) is 0. The van der Waals surface area contributed by atoms with Crippen molar-refractivity contribution in [1.29, 1.82) is 0 Å². The minimum absolute atomic E-state index is 0.749. The maximum Gasteiger partial charge on any atom is 0.0624 e. The molecule has 1 aromatic heterocycles. The van der Waals surface area contributed by atoms with Gasteiger partial charge in [-0.1, -0.05) is 27.2 Å². The highest BCUT2D eigenvalue weighted by Crippen LogP contribution is 2.34. The standard InChI is InChI=1S/C18H33N3/c1-5-17-11-18(21(6-2)20-17)10-15-8-7-9-16(15)13-19-12-14(3)4/h11,14-16,19H,5-10,12-13H2,1-4H3. The Morgan fingerprint density at radius 3 is 2.71 bits per heavy atom. The molecule has 0 amide bonds. The van der Waals surface area contributed by atoms with Crippen LogP contribution in [0.2, 0.25) is 0 Å². The van der Waals surface area contributed by atoms with Gasteiger partial charge in [0.2, 0.25) is 0 Å². The molecule has 0 spiro atoms. The molecule has 1 heterocycles. The highest BCUT2D eigenvalue weighted by atomic mass is 15.3. The summed E-state index contributed by atoms with van der Waals surface area (Å²) >= 11 is 0. The third-order valence-electron chi connectivity index (χ3n) is 4.82. The molecule has 2 rings (SSSR count). The van der Waals surface area contributed by atoms with E-state index >= 15 is 0 Å². The number of nitrogens with zero attached hydrogens (tertiary/aromatic N) is 2. The van der Waals surface area contributed by atoms with E-state index < -0.39 is 0 Å². The van der Waals surface area contributed by atoms with E-state index in [9.17, 15) is 0 Å². The van der Waals surface area contributed by atoms with E-state index in [0.29, 0.717) is 0 Å². The Labute approximate surface area is 130 Å². The molecule has 3 heteroatoms. The van der Waals surface area contributed by atoms with Crippen molar-refractivity contribution in [3.8, 4) is 0 Å². The van der Waals surface area contributed by atoms with E-state index in [1.165, 1.54) is 43.6 Å². The summed E-state index contributed by atoms with van der Waals surface area (Å²) in [5.41, 5.74) is 2.70. The van der Waals surface area contributed by atoms with Gasteiger partial charge in [0.25, 0.3) is 0 Å². The van der Waals surface area contributed by atoms with E-state index in [1.807, 2.05) is 0 Å². The zero-order valence-electron chi connectivity index (χ0n) is 14.4. The molecule has 3 nitrogen and oxygen atoms in total. The molecule has 1 aliphatic carbocycles. The van der Waals surface area contributed by atoms with Gasteiger partial charge in [0.1, 0.15) is 0 Å². The first-order valence-corrected chi connectivity index (χ1v) is 8.90. The monoisotopic (exact) mass is 291 g/mol. The van der Waals surface area contributed by atoms with Crippen LogP contribution in [-0.4, -0.2) is 22.9 Å². The normalized spacial score (nSPS) is 22.3. The van der Waals surface area contributed by atoms with Crippen LogP contribution in [0.3, 0.4) is 0 Å². The second-order valence-corrected chi connectivity index (χ2v) is 7.00. The summed E-state index contributed by atoms with van der Waals surface area (Å²) in [5.74, 6) is 2.45. The van der Waals surface area contributed by atoms with Crippen molar-refractivity contribution >= 4 is 0 Å². The van der Waals surface area contributed by atoms with E-state index in [1.54, 1.807) is 0 Å². The highest BCUT2D eigenvalue weighted by molar-refractivity contribution is 5.12. The predicted molar refractivity (Wildman–Crippen MR) is 89.5 cm³/mol. The Kier molecular flexibility index (Phi) is 6.28. The SMILES string of the molecule is CCc1cc(CC2CCCC2CNCC(C)C)n(CC)n1. The molecule has 1 aromatic rings. The van der Waals surface area contributed by atoms with Crippen molar-refractivity contribution in [2.24, 2.45) is 17.8 Å². The van der Waals surface area contributed by atoms with Gasteiger partial charge in [0, 0.05) is 12.2 Å². The number of aromatic nitrogens is 2. The lowest BCUT2D eigenvalue weighted by Crippen LogP contribution is -2.29. The molecule has 0 bridgehead atoms. The molecule has 0 saturated heterocycles. The molecule has 1 N–H and O–H groups in total. The average Bonchev–Trinajstić information content (AvgIpc) is 3.06. The van der Waals surface area contributed by atoms with Gasteiger partial charge in [-0.2, -0.15) is 5.10 Å². The van der Waals surface area contributed by atoms with Crippen LogP contribution in [0, 0.1) is 17.8 Å². The maximum absolute atomic E-state index is 4.70. The van der Waals surface area contributed by atoms with Crippen LogP contribution in [0.4, 0.5) is 0 Å². The quantitative estimate of drug-likeness (QED) is 0.792. The second-order valence-electron chi connectivity index (χ2n) is 7.00. The number of hydrogen-bond donors (Lipinski definition) is 1. The third-order valence-corrected chi connectivity index (χ3v) is 4.82. The molecule has 2 atom stereocenters. The van der Waals surface area contributed by atoms with Gasteiger partial charge >= 0.3 is 0 Å². The van der Waals surface area contributed by atoms with Gasteiger partial charge in [-0.25, -0.2) is 0 Å². The first-order chi connectivity index (χ1) is 10.1. The number of aryl methyl sites for hydroxylation is 2. The van der Waals surface area contributed by atoms with Crippen molar-refractivity contribution < 1.29 is 0 Å². The number of nitrogens with one attached hydrogen (secondary N) is 1. The van der Waals surface area contributed by atoms with Gasteiger partial charge in [0.05, 0.1) is 5.69 Å². The molecule has 1 aliphatic rings. The van der Waals surface area contributed by atoms with Crippen molar-refractivity contribution in [2.45, 2.75) is 66.3 Å². The summed E-state index contributed by atoms with van der Waals surface area (Å²) in [4.78, 5) is 0. The molecule has 2 unspecified atom stereocenters. The topological polar surface area (TPSA) is 29.9 Å². The van der Waals surface area contributed by atoms with Gasteiger partial charge in [-0.15, -0.1) is 0 Å². The van der Waals surface area contributed by atoms with E-state index in [0.717, 1.165) is 37.3 Å². The molecule has 120 valence electrons. The fourth-order valence-electron chi connectivity index (χ4n) is 3.60. The van der Waals surface area contributed by atoms with Gasteiger partial charge < -0.3 is 5.32 Å². The van der Waals surface area contributed by atoms with Gasteiger partial charge in [-0.3, -0.25) is 4.68 Å². The lowest BCUT2D eigenvalue weighted by atomic mass is 9.91. The van der Waals surface area contributed by atoms with Crippen LogP contribution in [0.5, 0.6) is 0 Å². The van der Waals surface area contributed by atoms with E-state index in [-0.39, 0.29) is 0 Å². The highest BCUT2D eigenvalue weighted by Gasteiger charge is 2.28. The Bertz CT molecular complexity index is 422. The van der Waals surface area contributed by atoms with Gasteiger partial charge in [0.15, 0.2) is 0 Å². The first kappa shape index (κ1) is 16.5. The fourth-order valence-corrected chi connectivity index (χ4v) is 3.60. The van der Waals surface area contributed by atoms with E-state index in [4.69, 9.17) is 5.10 Å². The molecule has 1 saturated carbocycles. The average molecular weight is 291 g/mol. The Hall–Kier alpha value is -0.830. The fraction of sp³-hybridized carbons (Fsp3) is 0.833. The third kappa shape index (κ3) is 4.57. The minimum atomic E-state index is 0.749. The molecule has 0 radical (unpaired) electrons. The molecule has 0 aromatic carbocycles. The molecule has 21 heavy (non-hydrogen) atoms. The molecular weight excluding hydrogens is 258 g/mol. The van der Waals surface area contributed by atoms with Crippen molar-refractivity contribution in [3.63, 3.8) is 0 Å². The van der Waals surface area contributed by atoms with Crippen molar-refractivity contribution in [1.82, 2.24) is 15.1 Å². The van der Waals surface area contributed by atoms with Crippen LogP contribution in [0.1, 0.15) is 58.3 Å². The second kappa shape index (κ2) is 7.98. The zero-order valence-corrected chi connectivity index (χ0v) is 14.4. The molecule has 1 fully saturated rings. The largest absolute Gasteiger partial charge is 0.316 e. The molecule has 0 aliphatic heterocycles. The summed E-state index contributed by atoms with van der Waals surface area (Å²) in [6, 6.07) is 2.33. The maximum atomic E-state index is 4.70. The number of rotatable bonds is 8. The van der Waals surface area contributed by atoms with Crippen molar-refractivity contribution in [2.75, 3.05) is 13.1 Å². The smallest absolute Gasteiger partial charge is 0.0624 e. The van der Waals surface area contributed by atoms with Crippen molar-refractivity contribution in [3.05, 3.63) is 17.5 Å². The van der Waals surface area contributed by atoms with E-state index in [2.05, 4.69) is 43.8 Å². The zero-order chi connectivity index (χ0) is 15.2. The molecular formula is C18H33N3. The summed E-state index contributed by atoms with van der Waals surface area (Å²) in [5, 5.41) is 8.37. The Morgan fingerprint density at radius 1 is 1.29 bits per heavy atom. The summed E-state index contributed by atoms with van der Waals surface area (Å²) in [6.07, 6.45) is 6.46. The first-order valence-electron chi connectivity index (χ1n) is 8.90. The summed E-state index contributed by atoms with van der Waals surface area (Å²) in [6.45, 7) is 12.3. The minimum Gasteiger partial charge on any atom is -0.316 e. The van der Waals surface area contributed by atoms with Crippen LogP contribution in [0.25, 0.3) is 0 Å². The predicted octanol–water partition coefficient (Wildman–Crippen LogP) is 3.67. The van der Waals surface area contributed by atoms with Crippen LogP contribution < -0.4 is 5.32 Å². The van der Waals surface area contributed by atoms with Crippen LogP contribution in [-0.2, 0) is 19.4 Å². The summed E-state index contributed by atoms with van der Waals surface area (Å²) < 4.78 is 2.22. The Balaban J connectivity index is 1.92. The van der Waals surface area contributed by atoms with Crippen LogP contribution >= 0.6 is 0 Å². The van der Waals surface area contributed by atoms with Crippen LogP contribution in [0.15, 0.2) is 6.07 Å².